The number of benzene rings is 1. The molecule has 0 unspecified atom stereocenters. The first-order valence-electron chi connectivity index (χ1n) is 9.20. The molecule has 2 atom stereocenters. The molecular weight excluding hydrogens is 364 g/mol. The van der Waals surface area contributed by atoms with Crippen LogP contribution >= 0.6 is 23.1 Å². The Labute approximate surface area is 163 Å². The van der Waals surface area contributed by atoms with Crippen LogP contribution in [0.1, 0.15) is 45.6 Å². The van der Waals surface area contributed by atoms with Gasteiger partial charge in [-0.15, -0.1) is 10.2 Å². The Morgan fingerprint density at radius 3 is 2.58 bits per heavy atom. The lowest BCUT2D eigenvalue weighted by atomic mass is 9.98. The number of amides is 1. The van der Waals surface area contributed by atoms with Gasteiger partial charge in [0.25, 0.3) is 0 Å². The van der Waals surface area contributed by atoms with Crippen LogP contribution in [0.15, 0.2) is 28.6 Å². The van der Waals surface area contributed by atoms with Gasteiger partial charge in [-0.3, -0.25) is 4.79 Å². The van der Waals surface area contributed by atoms with Crippen molar-refractivity contribution in [1.82, 2.24) is 15.1 Å². The third-order valence-corrected chi connectivity index (χ3v) is 6.78. The fraction of sp³-hybridized carbons (Fsp3) is 0.526. The fourth-order valence-corrected chi connectivity index (χ4v) is 5.02. The van der Waals surface area contributed by atoms with Gasteiger partial charge in [-0.25, -0.2) is 0 Å². The second-order valence-corrected chi connectivity index (χ2v) is 8.97. The molecule has 0 spiro atoms. The predicted molar refractivity (Wildman–Crippen MR) is 109 cm³/mol. The second kappa shape index (κ2) is 8.86. The molecule has 0 saturated carbocycles. The summed E-state index contributed by atoms with van der Waals surface area (Å²) in [5, 5.41) is 12.4. The van der Waals surface area contributed by atoms with Crippen molar-refractivity contribution in [1.29, 1.82) is 0 Å². The maximum absolute atomic E-state index is 12.6. The molecule has 1 aliphatic heterocycles. The molecule has 3 rings (SSSR count). The lowest BCUT2D eigenvalue weighted by Crippen LogP contribution is -2.48. The second-order valence-electron chi connectivity index (χ2n) is 6.77. The van der Waals surface area contributed by atoms with E-state index in [1.807, 2.05) is 4.90 Å². The summed E-state index contributed by atoms with van der Waals surface area (Å²) in [6.45, 7) is 6.44. The third-order valence-electron chi connectivity index (χ3n) is 4.82. The van der Waals surface area contributed by atoms with Gasteiger partial charge in [0, 0.05) is 17.8 Å². The van der Waals surface area contributed by atoms with Gasteiger partial charge in [-0.2, -0.15) is 0 Å². The minimum absolute atomic E-state index is 0.203. The monoisotopic (exact) mass is 390 g/mol. The van der Waals surface area contributed by atoms with E-state index >= 15 is 0 Å². The van der Waals surface area contributed by atoms with Crippen LogP contribution in [0.2, 0.25) is 0 Å². The average Bonchev–Trinajstić information content (AvgIpc) is 3.08. The molecule has 1 amide bonds. The number of nitrogens with zero attached hydrogens (tertiary/aromatic N) is 3. The molecule has 1 aromatic heterocycles. The van der Waals surface area contributed by atoms with Crippen molar-refractivity contribution in [2.45, 2.75) is 62.9 Å². The van der Waals surface area contributed by atoms with Gasteiger partial charge in [-0.1, -0.05) is 42.2 Å². The highest BCUT2D eigenvalue weighted by molar-refractivity contribution is 8.01. The SMILES string of the molecule is CCc1ccc(Nc2nnc(SCC(=O)N3[C@@H](C)CCC[C@@H]3C)s2)cc1. The molecule has 0 aliphatic carbocycles. The summed E-state index contributed by atoms with van der Waals surface area (Å²) in [6.07, 6.45) is 4.45. The number of thioether (sulfide) groups is 1. The Kier molecular flexibility index (Phi) is 6.53. The first-order chi connectivity index (χ1) is 12.6. The number of hydrogen-bond donors (Lipinski definition) is 1. The number of piperidine rings is 1. The molecule has 1 saturated heterocycles. The number of rotatable bonds is 6. The minimum Gasteiger partial charge on any atom is -0.337 e. The largest absolute Gasteiger partial charge is 0.337 e. The fourth-order valence-electron chi connectivity index (χ4n) is 3.38. The van der Waals surface area contributed by atoms with Gasteiger partial charge in [0.2, 0.25) is 11.0 Å². The van der Waals surface area contributed by atoms with Gasteiger partial charge in [0.15, 0.2) is 4.34 Å². The molecule has 7 heteroatoms. The van der Waals surface area contributed by atoms with Crippen molar-refractivity contribution in [2.24, 2.45) is 0 Å². The smallest absolute Gasteiger partial charge is 0.233 e. The molecule has 140 valence electrons. The summed E-state index contributed by atoms with van der Waals surface area (Å²) in [5.41, 5.74) is 2.31. The summed E-state index contributed by atoms with van der Waals surface area (Å²) in [5.74, 6) is 0.628. The molecule has 2 heterocycles. The zero-order valence-corrected chi connectivity index (χ0v) is 17.2. The molecule has 1 fully saturated rings. The predicted octanol–water partition coefficient (Wildman–Crippen LogP) is 4.73. The number of aryl methyl sites for hydroxylation is 1. The van der Waals surface area contributed by atoms with Crippen LogP contribution in [0, 0.1) is 0 Å². The van der Waals surface area contributed by atoms with Gasteiger partial charge >= 0.3 is 0 Å². The highest BCUT2D eigenvalue weighted by atomic mass is 32.2. The number of aromatic nitrogens is 2. The van der Waals surface area contributed by atoms with Crippen LogP contribution in [0.5, 0.6) is 0 Å². The zero-order chi connectivity index (χ0) is 18.5. The Morgan fingerprint density at radius 1 is 1.23 bits per heavy atom. The van der Waals surface area contributed by atoms with Crippen molar-refractivity contribution in [3.05, 3.63) is 29.8 Å². The minimum atomic E-state index is 0.203. The number of likely N-dealkylation sites (tertiary alicyclic amines) is 1. The van der Waals surface area contributed by atoms with Crippen LogP contribution in [-0.4, -0.2) is 38.8 Å². The van der Waals surface area contributed by atoms with E-state index in [1.54, 1.807) is 0 Å². The summed E-state index contributed by atoms with van der Waals surface area (Å²) in [4.78, 5) is 14.6. The summed E-state index contributed by atoms with van der Waals surface area (Å²) >= 11 is 2.96. The first kappa shape index (κ1) is 19.2. The Morgan fingerprint density at radius 2 is 1.92 bits per heavy atom. The van der Waals surface area contributed by atoms with Crippen molar-refractivity contribution in [3.63, 3.8) is 0 Å². The lowest BCUT2D eigenvalue weighted by Gasteiger charge is -2.39. The van der Waals surface area contributed by atoms with E-state index in [1.165, 1.54) is 35.1 Å². The molecule has 1 N–H and O–H groups in total. The molecule has 2 aromatic rings. The van der Waals surface area contributed by atoms with Crippen LogP contribution in [0.4, 0.5) is 10.8 Å². The number of carbonyl (C=O) groups is 1. The van der Waals surface area contributed by atoms with Crippen molar-refractivity contribution in [3.8, 4) is 0 Å². The van der Waals surface area contributed by atoms with Crippen LogP contribution in [-0.2, 0) is 11.2 Å². The van der Waals surface area contributed by atoms with E-state index in [0.29, 0.717) is 17.8 Å². The Balaban J connectivity index is 1.53. The van der Waals surface area contributed by atoms with Crippen molar-refractivity contribution in [2.75, 3.05) is 11.1 Å². The number of anilines is 2. The van der Waals surface area contributed by atoms with Gasteiger partial charge in [-0.05, 0) is 57.2 Å². The van der Waals surface area contributed by atoms with Gasteiger partial charge in [0.05, 0.1) is 5.75 Å². The van der Waals surface area contributed by atoms with Crippen molar-refractivity contribution < 1.29 is 4.79 Å². The molecule has 1 aromatic carbocycles. The van der Waals surface area contributed by atoms with Crippen molar-refractivity contribution >= 4 is 39.8 Å². The molecule has 1 aliphatic rings. The molecule has 0 bridgehead atoms. The standard InChI is InChI=1S/C19H26N4OS2/c1-4-15-8-10-16(11-9-15)20-18-21-22-19(26-18)25-12-17(24)23-13(2)6-5-7-14(23)3/h8-11,13-14H,4-7,12H2,1-3H3,(H,20,21)/t13-,14-/m0/s1. The average molecular weight is 391 g/mol. The highest BCUT2D eigenvalue weighted by Crippen LogP contribution is 2.29. The molecule has 5 nitrogen and oxygen atoms in total. The normalized spacial score (nSPS) is 20.2. The first-order valence-corrected chi connectivity index (χ1v) is 11.0. The summed E-state index contributed by atoms with van der Waals surface area (Å²) < 4.78 is 0.823. The topological polar surface area (TPSA) is 58.1 Å². The van der Waals surface area contributed by atoms with E-state index < -0.39 is 0 Å². The number of hydrogen-bond acceptors (Lipinski definition) is 6. The Hall–Kier alpha value is -1.60. The molecule has 26 heavy (non-hydrogen) atoms. The van der Waals surface area contributed by atoms with Gasteiger partial charge < -0.3 is 10.2 Å². The quantitative estimate of drug-likeness (QED) is 0.723. The number of carbonyl (C=O) groups excluding carboxylic acids is 1. The maximum Gasteiger partial charge on any atom is 0.233 e. The summed E-state index contributed by atoms with van der Waals surface area (Å²) in [6, 6.07) is 9.00. The molecule has 0 radical (unpaired) electrons. The summed E-state index contributed by atoms with van der Waals surface area (Å²) in [7, 11) is 0. The van der Waals surface area contributed by atoms with Crippen LogP contribution in [0.3, 0.4) is 0 Å². The highest BCUT2D eigenvalue weighted by Gasteiger charge is 2.28. The van der Waals surface area contributed by atoms with E-state index in [2.05, 4.69) is 60.6 Å². The van der Waals surface area contributed by atoms with E-state index in [4.69, 9.17) is 0 Å². The van der Waals surface area contributed by atoms with Crippen LogP contribution < -0.4 is 5.32 Å². The van der Waals surface area contributed by atoms with Gasteiger partial charge in [0.1, 0.15) is 0 Å². The number of nitrogens with one attached hydrogen (secondary N) is 1. The van der Waals surface area contributed by atoms with Crippen LogP contribution in [0.25, 0.3) is 0 Å². The van der Waals surface area contributed by atoms with E-state index in [-0.39, 0.29) is 5.91 Å². The zero-order valence-electron chi connectivity index (χ0n) is 15.6. The third kappa shape index (κ3) is 4.76. The maximum atomic E-state index is 12.6. The Bertz CT molecular complexity index is 721. The van der Waals surface area contributed by atoms with E-state index in [0.717, 1.165) is 34.4 Å². The van der Waals surface area contributed by atoms with E-state index in [9.17, 15) is 4.79 Å². The lowest BCUT2D eigenvalue weighted by molar-refractivity contribution is -0.134. The molecular formula is C19H26N4OS2.